The molecule has 0 aromatic heterocycles. The summed E-state index contributed by atoms with van der Waals surface area (Å²) in [6, 6.07) is 7.00. The SMILES string of the molecule is CC(C)C1[C@@H]2[C@@H](OCC3=NN(c4ccc([N+](=O)[O-])cc4)C(C4(Cl)C5=CCC5C5CCC=C54)N32)C2(C)CCC12C. The third-order valence-corrected chi connectivity index (χ3v) is 12.8. The van der Waals surface area contributed by atoms with Crippen molar-refractivity contribution >= 4 is 28.8 Å². The molecule has 1 saturated heterocycles. The van der Waals surface area contributed by atoms with Gasteiger partial charge < -0.3 is 9.64 Å². The second-order valence-electron chi connectivity index (χ2n) is 13.8. The molecule has 7 unspecified atom stereocenters. The van der Waals surface area contributed by atoms with Crippen LogP contribution in [0.1, 0.15) is 59.8 Å². The molecular weight excluding hydrogens is 512 g/mol. The molecule has 2 aliphatic heterocycles. The van der Waals surface area contributed by atoms with E-state index < -0.39 is 4.87 Å². The summed E-state index contributed by atoms with van der Waals surface area (Å²) >= 11 is 8.05. The number of nitrogens with zero attached hydrogens (tertiary/aromatic N) is 4. The van der Waals surface area contributed by atoms with Crippen LogP contribution in [0.15, 0.2) is 52.7 Å². The Labute approximate surface area is 235 Å². The van der Waals surface area contributed by atoms with E-state index in [0.717, 1.165) is 24.4 Å². The van der Waals surface area contributed by atoms with Crippen molar-refractivity contribution in [3.63, 3.8) is 0 Å². The topological polar surface area (TPSA) is 71.2 Å². The van der Waals surface area contributed by atoms with E-state index in [1.807, 2.05) is 12.1 Å². The molecule has 7 aliphatic rings. The molecule has 4 fully saturated rings. The van der Waals surface area contributed by atoms with Crippen LogP contribution in [-0.4, -0.2) is 45.5 Å². The summed E-state index contributed by atoms with van der Waals surface area (Å²) < 4.78 is 6.76. The minimum atomic E-state index is -0.677. The molecule has 0 bridgehead atoms. The fourth-order valence-electron chi connectivity index (χ4n) is 10.2. The van der Waals surface area contributed by atoms with Crippen molar-refractivity contribution < 1.29 is 9.66 Å². The van der Waals surface area contributed by atoms with E-state index in [0.29, 0.717) is 30.3 Å². The molecule has 8 rings (SSSR count). The number of amidine groups is 1. The highest BCUT2D eigenvalue weighted by atomic mass is 35.5. The third-order valence-electron chi connectivity index (χ3n) is 12.2. The average Bonchev–Trinajstić information content (AvgIpc) is 3.58. The molecule has 39 heavy (non-hydrogen) atoms. The van der Waals surface area contributed by atoms with Gasteiger partial charge in [-0.05, 0) is 84.5 Å². The van der Waals surface area contributed by atoms with E-state index in [2.05, 4.69) is 49.8 Å². The van der Waals surface area contributed by atoms with Crippen LogP contribution >= 0.6 is 11.6 Å². The molecule has 9 atom stereocenters. The number of morpholine rings is 1. The Kier molecular flexibility index (Phi) is 4.80. The minimum absolute atomic E-state index is 0.0816. The Hall–Kier alpha value is -2.38. The number of nitro groups is 1. The number of allylic oxidation sites excluding steroid dienone is 2. The molecule has 8 heteroatoms. The van der Waals surface area contributed by atoms with Crippen molar-refractivity contribution in [3.8, 4) is 0 Å². The third kappa shape index (κ3) is 2.72. The van der Waals surface area contributed by atoms with Crippen LogP contribution in [0.4, 0.5) is 11.4 Å². The summed E-state index contributed by atoms with van der Waals surface area (Å²) in [5.41, 5.74) is 3.98. The number of alkyl halides is 1. The fourth-order valence-corrected chi connectivity index (χ4v) is 10.8. The summed E-state index contributed by atoms with van der Waals surface area (Å²) in [6.07, 6.45) is 10.4. The molecule has 5 aliphatic carbocycles. The van der Waals surface area contributed by atoms with E-state index in [4.69, 9.17) is 21.4 Å². The predicted molar refractivity (Wildman–Crippen MR) is 152 cm³/mol. The number of hydrogen-bond acceptors (Lipinski definition) is 6. The molecular formula is C31H37ClN4O3. The Morgan fingerprint density at radius 3 is 2.44 bits per heavy atom. The van der Waals surface area contributed by atoms with Crippen LogP contribution in [0.25, 0.3) is 0 Å². The molecule has 2 heterocycles. The van der Waals surface area contributed by atoms with Crippen molar-refractivity contribution in [2.24, 2.45) is 39.6 Å². The molecule has 1 aromatic carbocycles. The van der Waals surface area contributed by atoms with Crippen LogP contribution in [0.2, 0.25) is 0 Å². The number of benzene rings is 1. The molecule has 7 nitrogen and oxygen atoms in total. The summed E-state index contributed by atoms with van der Waals surface area (Å²) in [4.78, 5) is 13.0. The highest BCUT2D eigenvalue weighted by Gasteiger charge is 2.75. The first-order chi connectivity index (χ1) is 18.6. The Morgan fingerprint density at radius 1 is 1.10 bits per heavy atom. The summed E-state index contributed by atoms with van der Waals surface area (Å²) in [5.74, 6) is 2.92. The van der Waals surface area contributed by atoms with Gasteiger partial charge in [0.1, 0.15) is 11.5 Å². The maximum Gasteiger partial charge on any atom is 0.269 e. The first-order valence-electron chi connectivity index (χ1n) is 14.7. The monoisotopic (exact) mass is 548 g/mol. The molecule has 206 valence electrons. The number of non-ortho nitro benzene ring substituents is 1. The van der Waals surface area contributed by atoms with Crippen LogP contribution in [0.5, 0.6) is 0 Å². The number of rotatable bonds is 4. The lowest BCUT2D eigenvalue weighted by Crippen LogP contribution is -2.65. The second-order valence-corrected chi connectivity index (χ2v) is 14.4. The van der Waals surface area contributed by atoms with E-state index in [1.165, 1.54) is 30.4 Å². The van der Waals surface area contributed by atoms with Crippen LogP contribution in [0, 0.1) is 44.6 Å². The Bertz CT molecular complexity index is 1370. The van der Waals surface area contributed by atoms with Gasteiger partial charge in [-0.1, -0.05) is 39.8 Å². The summed E-state index contributed by atoms with van der Waals surface area (Å²) in [7, 11) is 0. The van der Waals surface area contributed by atoms with Gasteiger partial charge in [-0.3, -0.25) is 10.1 Å². The van der Waals surface area contributed by atoms with Gasteiger partial charge in [0.25, 0.3) is 5.69 Å². The van der Waals surface area contributed by atoms with Crippen LogP contribution < -0.4 is 5.01 Å². The Morgan fingerprint density at radius 2 is 1.82 bits per heavy atom. The largest absolute Gasteiger partial charge is 0.367 e. The van der Waals surface area contributed by atoms with Gasteiger partial charge in [-0.15, -0.1) is 11.6 Å². The van der Waals surface area contributed by atoms with Gasteiger partial charge >= 0.3 is 0 Å². The number of fused-ring (bicyclic) bond motifs is 8. The van der Waals surface area contributed by atoms with E-state index in [-0.39, 0.29) is 39.8 Å². The predicted octanol–water partition coefficient (Wildman–Crippen LogP) is 6.49. The molecule has 0 amide bonds. The highest BCUT2D eigenvalue weighted by molar-refractivity contribution is 6.30. The summed E-state index contributed by atoms with van der Waals surface area (Å²) in [5, 5.41) is 18.7. The average molecular weight is 549 g/mol. The van der Waals surface area contributed by atoms with Crippen molar-refractivity contribution in [3.05, 3.63) is 57.7 Å². The maximum absolute atomic E-state index is 11.4. The van der Waals surface area contributed by atoms with E-state index >= 15 is 0 Å². The fraction of sp³-hybridized carbons (Fsp3) is 0.645. The number of ether oxygens (including phenoxy) is 1. The molecule has 3 saturated carbocycles. The van der Waals surface area contributed by atoms with Gasteiger partial charge in [-0.25, -0.2) is 5.01 Å². The number of hydrazone groups is 1. The van der Waals surface area contributed by atoms with E-state index in [9.17, 15) is 10.1 Å². The lowest BCUT2D eigenvalue weighted by atomic mass is 9.49. The summed E-state index contributed by atoms with van der Waals surface area (Å²) in [6.45, 7) is 10.1. The zero-order valence-corrected chi connectivity index (χ0v) is 23.9. The van der Waals surface area contributed by atoms with E-state index in [1.54, 1.807) is 12.1 Å². The zero-order chi connectivity index (χ0) is 27.1. The van der Waals surface area contributed by atoms with Crippen molar-refractivity contribution in [2.45, 2.75) is 83.0 Å². The highest BCUT2D eigenvalue weighted by Crippen LogP contribution is 2.73. The smallest absolute Gasteiger partial charge is 0.269 e. The van der Waals surface area contributed by atoms with Crippen LogP contribution in [0.3, 0.4) is 0 Å². The van der Waals surface area contributed by atoms with Crippen molar-refractivity contribution in [1.29, 1.82) is 0 Å². The zero-order valence-electron chi connectivity index (χ0n) is 23.1. The maximum atomic E-state index is 11.4. The molecule has 0 radical (unpaired) electrons. The van der Waals surface area contributed by atoms with Gasteiger partial charge in [0, 0.05) is 17.5 Å². The minimum Gasteiger partial charge on any atom is -0.367 e. The standard InChI is InChI=1S/C31H37ClN4O3/c1-17(2)25-26-27(30(4)15-14-29(25,30)3)39-16-24-33-35(18-8-10-19(11-9-18)36(37)38)28(34(24)26)31(32)22-7-5-6-20(22)21-12-13-23(21)31/h7-11,13,17,20-21,25-28H,5-6,12,14-16H2,1-4H3/t20?,21?,25?,26-,27-,28?,29?,30?,31?/m1/s1. The van der Waals surface area contributed by atoms with Crippen LogP contribution in [-0.2, 0) is 4.74 Å². The second kappa shape index (κ2) is 7.67. The van der Waals surface area contributed by atoms with Crippen molar-refractivity contribution in [1.82, 2.24) is 4.90 Å². The van der Waals surface area contributed by atoms with Gasteiger partial charge in [0.15, 0.2) is 12.0 Å². The first kappa shape index (κ1) is 24.4. The lowest BCUT2D eigenvalue weighted by molar-refractivity contribution is -0.384. The normalized spacial score (nSPS) is 44.9. The van der Waals surface area contributed by atoms with Gasteiger partial charge in [0.05, 0.1) is 22.8 Å². The molecule has 1 aromatic rings. The first-order valence-corrected chi connectivity index (χ1v) is 15.1. The lowest BCUT2D eigenvalue weighted by Gasteiger charge is -2.56. The molecule has 0 spiro atoms. The Balaban J connectivity index is 1.31. The number of halogens is 1. The van der Waals surface area contributed by atoms with Crippen molar-refractivity contribution in [2.75, 3.05) is 11.6 Å². The molecule has 0 N–H and O–H groups in total. The number of nitro benzene ring substituents is 1. The number of anilines is 1. The van der Waals surface area contributed by atoms with Gasteiger partial charge in [-0.2, -0.15) is 5.10 Å². The van der Waals surface area contributed by atoms with Gasteiger partial charge in [0.2, 0.25) is 0 Å². The quantitative estimate of drug-likeness (QED) is 0.186. The number of hydrogen-bond donors (Lipinski definition) is 0.